The third-order valence-corrected chi connectivity index (χ3v) is 3.02. The minimum absolute atomic E-state index is 0.198. The second-order valence-corrected chi connectivity index (χ2v) is 4.45. The Balaban J connectivity index is 2.59. The number of hydrogen-bond acceptors (Lipinski definition) is 3. The van der Waals surface area contributed by atoms with E-state index < -0.39 is 11.9 Å². The number of carboxylic acids is 1. The highest BCUT2D eigenvalue weighted by molar-refractivity contribution is 5.96. The molecule has 1 unspecified atom stereocenters. The van der Waals surface area contributed by atoms with Crippen LogP contribution in [0, 0.1) is 19.8 Å². The zero-order valence-corrected chi connectivity index (χ0v) is 11.1. The number of hydrogen-bond donors (Lipinski definition) is 2. The average molecular weight is 253 g/mol. The molecule has 0 radical (unpaired) electrons. The first-order valence-corrected chi connectivity index (χ1v) is 5.85. The molecule has 0 saturated carbocycles. The molecule has 18 heavy (non-hydrogen) atoms. The van der Waals surface area contributed by atoms with Crippen molar-refractivity contribution in [3.63, 3.8) is 0 Å². The summed E-state index contributed by atoms with van der Waals surface area (Å²) in [5, 5.41) is 15.6. The summed E-state index contributed by atoms with van der Waals surface area (Å²) >= 11 is 0. The van der Waals surface area contributed by atoms with Crippen molar-refractivity contribution in [3.8, 4) is 0 Å². The lowest BCUT2D eigenvalue weighted by Gasteiger charge is -2.08. The minimum Gasteiger partial charge on any atom is -0.481 e. The summed E-state index contributed by atoms with van der Waals surface area (Å²) in [5.74, 6) is -1.50. The van der Waals surface area contributed by atoms with Crippen LogP contribution in [0.3, 0.4) is 0 Å². The van der Waals surface area contributed by atoms with Gasteiger partial charge in [-0.25, -0.2) is 0 Å². The van der Waals surface area contributed by atoms with Gasteiger partial charge in [-0.1, -0.05) is 6.92 Å². The molecule has 0 fully saturated rings. The summed E-state index contributed by atoms with van der Waals surface area (Å²) in [4.78, 5) is 22.6. The molecule has 0 aliphatic rings. The van der Waals surface area contributed by atoms with Crippen molar-refractivity contribution in [1.29, 1.82) is 0 Å². The summed E-state index contributed by atoms with van der Waals surface area (Å²) in [5.41, 5.74) is 2.05. The number of aryl methyl sites for hydroxylation is 2. The lowest BCUT2D eigenvalue weighted by Crippen LogP contribution is -2.27. The van der Waals surface area contributed by atoms with Gasteiger partial charge in [0.2, 0.25) is 0 Å². The van der Waals surface area contributed by atoms with E-state index >= 15 is 0 Å². The van der Waals surface area contributed by atoms with Crippen LogP contribution in [0.2, 0.25) is 0 Å². The number of aliphatic carboxylic acids is 1. The molecule has 1 amide bonds. The van der Waals surface area contributed by atoms with Gasteiger partial charge in [0.1, 0.15) is 0 Å². The van der Waals surface area contributed by atoms with E-state index in [4.69, 9.17) is 5.11 Å². The number of amides is 1. The lowest BCUT2D eigenvalue weighted by atomic mass is 10.1. The third kappa shape index (κ3) is 3.09. The van der Waals surface area contributed by atoms with E-state index in [0.29, 0.717) is 24.2 Å². The number of carbonyl (C=O) groups is 2. The largest absolute Gasteiger partial charge is 0.481 e. The minimum atomic E-state index is -0.849. The Morgan fingerprint density at radius 1 is 1.44 bits per heavy atom. The van der Waals surface area contributed by atoms with E-state index in [1.807, 2.05) is 6.92 Å². The third-order valence-electron chi connectivity index (χ3n) is 3.02. The molecule has 6 heteroatoms. The van der Waals surface area contributed by atoms with Crippen LogP contribution in [-0.4, -0.2) is 33.3 Å². The Morgan fingerprint density at radius 3 is 2.50 bits per heavy atom. The Morgan fingerprint density at radius 2 is 2.06 bits per heavy atom. The fraction of sp³-hybridized carbons (Fsp3) is 0.583. The molecule has 1 aromatic heterocycles. The van der Waals surface area contributed by atoms with Crippen LogP contribution in [-0.2, 0) is 11.8 Å². The first kappa shape index (κ1) is 14.2. The van der Waals surface area contributed by atoms with E-state index in [1.54, 1.807) is 25.6 Å². The van der Waals surface area contributed by atoms with Crippen LogP contribution in [0.25, 0.3) is 0 Å². The first-order valence-electron chi connectivity index (χ1n) is 5.85. The summed E-state index contributed by atoms with van der Waals surface area (Å²) in [6.07, 6.45) is 0.416. The molecular formula is C12H19N3O3. The predicted molar refractivity (Wildman–Crippen MR) is 66.4 cm³/mol. The van der Waals surface area contributed by atoms with Gasteiger partial charge in [0.05, 0.1) is 17.2 Å². The van der Waals surface area contributed by atoms with Crippen LogP contribution in [0.4, 0.5) is 0 Å². The van der Waals surface area contributed by atoms with E-state index in [2.05, 4.69) is 10.4 Å². The van der Waals surface area contributed by atoms with Gasteiger partial charge in [-0.15, -0.1) is 0 Å². The normalized spacial score (nSPS) is 12.2. The molecule has 100 valence electrons. The maximum absolute atomic E-state index is 11.9. The molecule has 1 aromatic rings. The van der Waals surface area contributed by atoms with Crippen molar-refractivity contribution >= 4 is 11.9 Å². The number of carbonyl (C=O) groups excluding carboxylic acids is 1. The Labute approximate surface area is 106 Å². The Hall–Kier alpha value is -1.85. The summed E-state index contributed by atoms with van der Waals surface area (Å²) in [7, 11) is 1.78. The summed E-state index contributed by atoms with van der Waals surface area (Å²) in [6.45, 7) is 5.58. The highest BCUT2D eigenvalue weighted by Gasteiger charge is 2.17. The predicted octanol–water partition coefficient (Wildman–Crippen LogP) is 0.878. The fourth-order valence-corrected chi connectivity index (χ4v) is 1.72. The maximum Gasteiger partial charge on any atom is 0.306 e. The number of nitrogens with zero attached hydrogens (tertiary/aromatic N) is 2. The van der Waals surface area contributed by atoms with Gasteiger partial charge in [0, 0.05) is 19.3 Å². The molecule has 0 bridgehead atoms. The smallest absolute Gasteiger partial charge is 0.306 e. The van der Waals surface area contributed by atoms with Gasteiger partial charge in [-0.05, 0) is 20.3 Å². The van der Waals surface area contributed by atoms with Gasteiger partial charge in [0.15, 0.2) is 0 Å². The highest BCUT2D eigenvalue weighted by atomic mass is 16.4. The van der Waals surface area contributed by atoms with Crippen LogP contribution in [0.5, 0.6) is 0 Å². The topological polar surface area (TPSA) is 84.2 Å². The molecule has 0 saturated heterocycles. The molecule has 0 aliphatic heterocycles. The van der Waals surface area contributed by atoms with Gasteiger partial charge in [-0.3, -0.25) is 14.3 Å². The standard InChI is InChI=1S/C12H19N3O3/c1-7(12(17)18)5-6-13-11(16)10-8(2)14-15(4)9(10)3/h7H,5-6H2,1-4H3,(H,13,16)(H,17,18). The van der Waals surface area contributed by atoms with Crippen molar-refractivity contribution < 1.29 is 14.7 Å². The van der Waals surface area contributed by atoms with E-state index in [9.17, 15) is 9.59 Å². The van der Waals surface area contributed by atoms with E-state index in [1.165, 1.54) is 0 Å². The quantitative estimate of drug-likeness (QED) is 0.815. The maximum atomic E-state index is 11.9. The van der Waals surface area contributed by atoms with Crippen molar-refractivity contribution in [2.75, 3.05) is 6.54 Å². The molecular weight excluding hydrogens is 234 g/mol. The van der Waals surface area contributed by atoms with Gasteiger partial charge in [0.25, 0.3) is 5.91 Å². The SMILES string of the molecule is Cc1nn(C)c(C)c1C(=O)NCCC(C)C(=O)O. The zero-order chi connectivity index (χ0) is 13.9. The Kier molecular flexibility index (Phi) is 4.47. The molecule has 0 aliphatic carbocycles. The van der Waals surface area contributed by atoms with Crippen LogP contribution < -0.4 is 5.32 Å². The van der Waals surface area contributed by atoms with Gasteiger partial charge in [-0.2, -0.15) is 5.10 Å². The second-order valence-electron chi connectivity index (χ2n) is 4.45. The molecule has 1 rings (SSSR count). The monoisotopic (exact) mass is 253 g/mol. The highest BCUT2D eigenvalue weighted by Crippen LogP contribution is 2.11. The number of aromatic nitrogens is 2. The van der Waals surface area contributed by atoms with Crippen molar-refractivity contribution in [2.45, 2.75) is 27.2 Å². The Bertz CT molecular complexity index is 465. The fourth-order valence-electron chi connectivity index (χ4n) is 1.72. The molecule has 0 spiro atoms. The molecule has 0 aromatic carbocycles. The van der Waals surface area contributed by atoms with Gasteiger partial charge >= 0.3 is 5.97 Å². The van der Waals surface area contributed by atoms with Crippen LogP contribution >= 0.6 is 0 Å². The number of rotatable bonds is 5. The second kappa shape index (κ2) is 5.66. The van der Waals surface area contributed by atoms with Crippen LogP contribution in [0.15, 0.2) is 0 Å². The van der Waals surface area contributed by atoms with Crippen molar-refractivity contribution in [3.05, 3.63) is 17.0 Å². The summed E-state index contributed by atoms with van der Waals surface area (Å²) < 4.78 is 1.66. The molecule has 6 nitrogen and oxygen atoms in total. The first-order chi connectivity index (χ1) is 8.34. The van der Waals surface area contributed by atoms with Gasteiger partial charge < -0.3 is 10.4 Å². The number of nitrogens with one attached hydrogen (secondary N) is 1. The average Bonchev–Trinajstić information content (AvgIpc) is 2.52. The number of carboxylic acid groups (broad SMARTS) is 1. The van der Waals surface area contributed by atoms with Crippen molar-refractivity contribution in [1.82, 2.24) is 15.1 Å². The summed E-state index contributed by atoms with van der Waals surface area (Å²) in [6, 6.07) is 0. The lowest BCUT2D eigenvalue weighted by molar-refractivity contribution is -0.141. The molecule has 1 heterocycles. The molecule has 1 atom stereocenters. The molecule has 2 N–H and O–H groups in total. The van der Waals surface area contributed by atoms with E-state index in [-0.39, 0.29) is 5.91 Å². The van der Waals surface area contributed by atoms with E-state index in [0.717, 1.165) is 5.69 Å². The van der Waals surface area contributed by atoms with Crippen LogP contribution in [0.1, 0.15) is 35.1 Å². The zero-order valence-electron chi connectivity index (χ0n) is 11.1. The van der Waals surface area contributed by atoms with Crippen molar-refractivity contribution in [2.24, 2.45) is 13.0 Å².